The van der Waals surface area contributed by atoms with Crippen molar-refractivity contribution >= 4 is 40.1 Å². The van der Waals surface area contributed by atoms with Crippen LogP contribution in [0, 0.1) is 0 Å². The van der Waals surface area contributed by atoms with Crippen molar-refractivity contribution in [2.45, 2.75) is 12.8 Å². The summed E-state index contributed by atoms with van der Waals surface area (Å²) in [7, 11) is 0. The number of fused-ring (bicyclic) bond motifs is 1. The Hall–Kier alpha value is -4.54. The second kappa shape index (κ2) is 9.30. The van der Waals surface area contributed by atoms with E-state index in [1.807, 2.05) is 0 Å². The van der Waals surface area contributed by atoms with E-state index in [4.69, 9.17) is 0 Å². The van der Waals surface area contributed by atoms with E-state index in [1.54, 1.807) is 53.4 Å². The van der Waals surface area contributed by atoms with Crippen LogP contribution in [0.3, 0.4) is 0 Å². The third-order valence-corrected chi connectivity index (χ3v) is 5.15. The topological polar surface area (TPSA) is 153 Å². The van der Waals surface area contributed by atoms with Gasteiger partial charge in [-0.2, -0.15) is 5.10 Å². The molecule has 2 aromatic carbocycles. The maximum Gasteiger partial charge on any atom is 0.290 e. The van der Waals surface area contributed by atoms with Gasteiger partial charge in [0.25, 0.3) is 23.3 Å². The summed E-state index contributed by atoms with van der Waals surface area (Å²) < 4.78 is 0. The standard InChI is InChI=1S/C22H20N6O5/c29-17(24-27-22(33)19-15-4-1-2-5-16(15)21(32)26-25-19)12-23-20(31)13-7-9-14(10-8-13)28-11-3-6-18(28)30/h1-2,4-5,7-10H,3,6,11-12H2,(H,23,31)(H,24,29)(H,26,32)(H,27,33). The van der Waals surface area contributed by atoms with Crippen molar-refractivity contribution in [3.63, 3.8) is 0 Å². The molecule has 11 heteroatoms. The van der Waals surface area contributed by atoms with Crippen LogP contribution in [0.4, 0.5) is 5.69 Å². The second-order valence-electron chi connectivity index (χ2n) is 7.33. The van der Waals surface area contributed by atoms with Gasteiger partial charge in [-0.05, 0) is 36.8 Å². The molecule has 0 saturated carbocycles. The van der Waals surface area contributed by atoms with Gasteiger partial charge in [0.15, 0.2) is 5.69 Å². The Balaban J connectivity index is 1.29. The van der Waals surface area contributed by atoms with Crippen LogP contribution in [0.15, 0.2) is 53.3 Å². The van der Waals surface area contributed by atoms with Crippen LogP contribution in [0.1, 0.15) is 33.7 Å². The molecule has 168 valence electrons. The minimum absolute atomic E-state index is 0.0518. The number of hydrazine groups is 1. The summed E-state index contributed by atoms with van der Waals surface area (Å²) in [5.74, 6) is -1.82. The summed E-state index contributed by atoms with van der Waals surface area (Å²) in [4.78, 5) is 62.0. The summed E-state index contributed by atoms with van der Waals surface area (Å²) in [6, 6.07) is 12.9. The molecule has 1 aliphatic rings. The number of nitrogens with one attached hydrogen (secondary N) is 4. The summed E-state index contributed by atoms with van der Waals surface area (Å²) in [5, 5.41) is 9.05. The van der Waals surface area contributed by atoms with Gasteiger partial charge < -0.3 is 10.2 Å². The van der Waals surface area contributed by atoms with E-state index in [2.05, 4.69) is 26.4 Å². The molecule has 33 heavy (non-hydrogen) atoms. The molecule has 0 unspecified atom stereocenters. The number of amides is 4. The number of rotatable bonds is 5. The van der Waals surface area contributed by atoms with Crippen LogP contribution in [-0.2, 0) is 9.59 Å². The monoisotopic (exact) mass is 448 g/mol. The molecular weight excluding hydrogens is 428 g/mol. The summed E-state index contributed by atoms with van der Waals surface area (Å²) in [6.07, 6.45) is 1.32. The lowest BCUT2D eigenvalue weighted by Gasteiger charge is -2.15. The first-order chi connectivity index (χ1) is 15.9. The van der Waals surface area contributed by atoms with Crippen LogP contribution in [0.2, 0.25) is 0 Å². The number of hydrogen-bond donors (Lipinski definition) is 4. The van der Waals surface area contributed by atoms with Gasteiger partial charge in [0, 0.05) is 29.6 Å². The third kappa shape index (κ3) is 4.71. The molecule has 0 spiro atoms. The lowest BCUT2D eigenvalue weighted by molar-refractivity contribution is -0.121. The molecule has 1 fully saturated rings. The zero-order chi connectivity index (χ0) is 23.4. The van der Waals surface area contributed by atoms with E-state index < -0.39 is 23.3 Å². The fourth-order valence-corrected chi connectivity index (χ4v) is 3.49. The number of H-pyrrole nitrogens is 1. The van der Waals surface area contributed by atoms with Crippen LogP contribution < -0.4 is 26.6 Å². The molecule has 1 aromatic heterocycles. The van der Waals surface area contributed by atoms with E-state index in [9.17, 15) is 24.0 Å². The Labute approximate surface area is 187 Å². The van der Waals surface area contributed by atoms with Crippen molar-refractivity contribution in [3.8, 4) is 0 Å². The van der Waals surface area contributed by atoms with Gasteiger partial charge >= 0.3 is 0 Å². The van der Waals surface area contributed by atoms with Gasteiger partial charge in [-0.15, -0.1) is 0 Å². The molecule has 4 N–H and O–H groups in total. The van der Waals surface area contributed by atoms with Crippen LogP contribution in [-0.4, -0.2) is 46.9 Å². The Morgan fingerprint density at radius 1 is 0.939 bits per heavy atom. The lowest BCUT2D eigenvalue weighted by atomic mass is 10.1. The quantitative estimate of drug-likeness (QED) is 0.410. The van der Waals surface area contributed by atoms with Crippen molar-refractivity contribution in [2.75, 3.05) is 18.0 Å². The maximum atomic E-state index is 12.4. The first-order valence-electron chi connectivity index (χ1n) is 10.2. The first-order valence-corrected chi connectivity index (χ1v) is 10.2. The average Bonchev–Trinajstić information content (AvgIpc) is 3.27. The van der Waals surface area contributed by atoms with Gasteiger partial charge in [0.05, 0.1) is 11.9 Å². The largest absolute Gasteiger partial charge is 0.343 e. The van der Waals surface area contributed by atoms with Crippen LogP contribution in [0.5, 0.6) is 0 Å². The van der Waals surface area contributed by atoms with Crippen molar-refractivity contribution in [2.24, 2.45) is 0 Å². The fraction of sp³-hybridized carbons (Fsp3) is 0.182. The molecule has 0 aliphatic carbocycles. The number of aromatic nitrogens is 2. The van der Waals surface area contributed by atoms with Crippen LogP contribution in [0.25, 0.3) is 10.8 Å². The van der Waals surface area contributed by atoms with Gasteiger partial charge in [0.1, 0.15) is 0 Å². The molecule has 4 amide bonds. The number of nitrogens with zero attached hydrogens (tertiary/aromatic N) is 2. The van der Waals surface area contributed by atoms with Crippen LogP contribution >= 0.6 is 0 Å². The number of benzene rings is 2. The highest BCUT2D eigenvalue weighted by Gasteiger charge is 2.21. The van der Waals surface area contributed by atoms with Gasteiger partial charge in [-0.1, -0.05) is 18.2 Å². The molecule has 0 bridgehead atoms. The normalized spacial score (nSPS) is 13.1. The Kier molecular flexibility index (Phi) is 6.11. The number of hydrogen-bond acceptors (Lipinski definition) is 6. The highest BCUT2D eigenvalue weighted by atomic mass is 16.2. The van der Waals surface area contributed by atoms with Crippen molar-refractivity contribution in [1.82, 2.24) is 26.4 Å². The molecular formula is C22H20N6O5. The summed E-state index contributed by atoms with van der Waals surface area (Å²) in [5.41, 5.74) is 4.94. The van der Waals surface area contributed by atoms with Crippen molar-refractivity contribution in [3.05, 3.63) is 70.1 Å². The molecule has 2 heterocycles. The van der Waals surface area contributed by atoms with E-state index in [0.717, 1.165) is 12.1 Å². The predicted molar refractivity (Wildman–Crippen MR) is 118 cm³/mol. The highest BCUT2D eigenvalue weighted by molar-refractivity contribution is 6.05. The Bertz CT molecular complexity index is 1300. The number of carbonyl (C=O) groups excluding carboxylic acids is 4. The Morgan fingerprint density at radius 3 is 2.36 bits per heavy atom. The minimum atomic E-state index is -0.728. The minimum Gasteiger partial charge on any atom is -0.343 e. The first kappa shape index (κ1) is 21.7. The highest BCUT2D eigenvalue weighted by Crippen LogP contribution is 2.21. The molecule has 1 saturated heterocycles. The number of carbonyl (C=O) groups is 4. The Morgan fingerprint density at radius 2 is 1.67 bits per heavy atom. The fourth-order valence-electron chi connectivity index (χ4n) is 3.49. The molecule has 4 rings (SSSR count). The van der Waals surface area contributed by atoms with E-state index in [-0.39, 0.29) is 23.5 Å². The van der Waals surface area contributed by atoms with Gasteiger partial charge in [-0.3, -0.25) is 34.8 Å². The second-order valence-corrected chi connectivity index (χ2v) is 7.33. The van der Waals surface area contributed by atoms with E-state index in [0.29, 0.717) is 23.9 Å². The molecule has 1 aliphatic heterocycles. The van der Waals surface area contributed by atoms with Crippen molar-refractivity contribution in [1.29, 1.82) is 0 Å². The summed E-state index contributed by atoms with van der Waals surface area (Å²) in [6.45, 7) is 0.270. The lowest BCUT2D eigenvalue weighted by Crippen LogP contribution is -2.46. The maximum absolute atomic E-state index is 12.4. The molecule has 3 aromatic rings. The van der Waals surface area contributed by atoms with Gasteiger partial charge in [-0.25, -0.2) is 5.10 Å². The SMILES string of the molecule is O=C(CNC(=O)c1ccc(N2CCCC2=O)cc1)NNC(=O)c1n[nH]c(=O)c2ccccc12. The molecule has 0 radical (unpaired) electrons. The zero-order valence-corrected chi connectivity index (χ0v) is 17.4. The smallest absolute Gasteiger partial charge is 0.290 e. The summed E-state index contributed by atoms with van der Waals surface area (Å²) >= 11 is 0. The zero-order valence-electron chi connectivity index (χ0n) is 17.4. The van der Waals surface area contributed by atoms with Crippen molar-refractivity contribution < 1.29 is 19.2 Å². The molecule has 0 atom stereocenters. The van der Waals surface area contributed by atoms with E-state index >= 15 is 0 Å². The predicted octanol–water partition coefficient (Wildman–Crippen LogP) is 0.241. The average molecular weight is 448 g/mol. The number of anilines is 1. The number of aromatic amines is 1. The molecule has 11 nitrogen and oxygen atoms in total. The third-order valence-electron chi connectivity index (χ3n) is 5.15. The van der Waals surface area contributed by atoms with Gasteiger partial charge in [0.2, 0.25) is 5.91 Å². The van der Waals surface area contributed by atoms with E-state index in [1.165, 1.54) is 0 Å².